The number of nitro benzene ring substituents is 1. The van der Waals surface area contributed by atoms with Gasteiger partial charge in [0.25, 0.3) is 11.6 Å². The lowest BCUT2D eigenvalue weighted by Gasteiger charge is -2.06. The highest BCUT2D eigenvalue weighted by Gasteiger charge is 2.16. The van der Waals surface area contributed by atoms with Crippen LogP contribution < -0.4 is 10.6 Å². The quantitative estimate of drug-likeness (QED) is 0.638. The van der Waals surface area contributed by atoms with E-state index in [2.05, 4.69) is 15.7 Å². The normalized spacial score (nSPS) is 10.2. The van der Waals surface area contributed by atoms with E-state index >= 15 is 0 Å². The second-order valence-electron chi connectivity index (χ2n) is 4.44. The molecule has 1 aromatic carbocycles. The molecule has 0 fully saturated rings. The van der Waals surface area contributed by atoms with Crippen molar-refractivity contribution in [1.82, 2.24) is 15.1 Å². The molecule has 110 valence electrons. The van der Waals surface area contributed by atoms with E-state index in [1.54, 1.807) is 31.2 Å². The van der Waals surface area contributed by atoms with Gasteiger partial charge in [0.05, 0.1) is 11.1 Å². The molecule has 8 heteroatoms. The molecule has 8 nitrogen and oxygen atoms in total. The van der Waals surface area contributed by atoms with E-state index < -0.39 is 4.92 Å². The maximum absolute atomic E-state index is 12.0. The predicted octanol–water partition coefficient (Wildman–Crippen LogP) is 1.30. The number of rotatable bonds is 5. The van der Waals surface area contributed by atoms with Crippen LogP contribution in [0.4, 0.5) is 11.4 Å². The summed E-state index contributed by atoms with van der Waals surface area (Å²) in [6.45, 7) is 0.314. The first kappa shape index (κ1) is 14.5. The Morgan fingerprint density at radius 3 is 2.81 bits per heavy atom. The topological polar surface area (TPSA) is 102 Å². The van der Waals surface area contributed by atoms with Crippen LogP contribution in [0.5, 0.6) is 0 Å². The average molecular weight is 289 g/mol. The Labute approximate surface area is 120 Å². The number of anilines is 1. The van der Waals surface area contributed by atoms with Gasteiger partial charge in [-0.1, -0.05) is 0 Å². The Balaban J connectivity index is 2.12. The van der Waals surface area contributed by atoms with Crippen molar-refractivity contribution in [2.75, 3.05) is 12.4 Å². The van der Waals surface area contributed by atoms with Crippen molar-refractivity contribution >= 4 is 17.3 Å². The van der Waals surface area contributed by atoms with Crippen molar-refractivity contribution in [3.63, 3.8) is 0 Å². The molecule has 0 aliphatic heterocycles. The number of nitro groups is 1. The first-order valence-corrected chi connectivity index (χ1v) is 6.23. The minimum atomic E-state index is -0.524. The van der Waals surface area contributed by atoms with E-state index in [9.17, 15) is 14.9 Å². The van der Waals surface area contributed by atoms with Crippen LogP contribution in [0.3, 0.4) is 0 Å². The standard InChI is InChI=1S/C13H15N5O3/c1-14-11-4-3-10(5-12(11)18(20)21)13(19)15-6-9-7-16-17(2)8-9/h3-5,7-8,14H,6H2,1-2H3,(H,15,19). The molecule has 0 spiro atoms. The maximum Gasteiger partial charge on any atom is 0.293 e. The summed E-state index contributed by atoms with van der Waals surface area (Å²) < 4.78 is 1.63. The van der Waals surface area contributed by atoms with Crippen LogP contribution in [0.2, 0.25) is 0 Å². The van der Waals surface area contributed by atoms with Crippen LogP contribution in [0.15, 0.2) is 30.6 Å². The number of hydrogen-bond donors (Lipinski definition) is 2. The van der Waals surface area contributed by atoms with Crippen molar-refractivity contribution in [3.05, 3.63) is 51.8 Å². The van der Waals surface area contributed by atoms with Crippen LogP contribution in [0, 0.1) is 10.1 Å². The van der Waals surface area contributed by atoms with Crippen LogP contribution in [-0.2, 0) is 13.6 Å². The molecule has 0 aliphatic rings. The molecule has 2 aromatic rings. The van der Waals surface area contributed by atoms with Crippen molar-refractivity contribution in [3.8, 4) is 0 Å². The summed E-state index contributed by atoms with van der Waals surface area (Å²) in [5.41, 5.74) is 1.33. The summed E-state index contributed by atoms with van der Waals surface area (Å²) >= 11 is 0. The van der Waals surface area contributed by atoms with Crippen molar-refractivity contribution < 1.29 is 9.72 Å². The van der Waals surface area contributed by atoms with Gasteiger partial charge >= 0.3 is 0 Å². The largest absolute Gasteiger partial charge is 0.383 e. The third-order valence-corrected chi connectivity index (χ3v) is 2.94. The van der Waals surface area contributed by atoms with E-state index in [0.717, 1.165) is 5.56 Å². The Morgan fingerprint density at radius 1 is 1.48 bits per heavy atom. The number of hydrogen-bond acceptors (Lipinski definition) is 5. The van der Waals surface area contributed by atoms with Gasteiger partial charge in [-0.3, -0.25) is 19.6 Å². The van der Waals surface area contributed by atoms with Gasteiger partial charge in [0.15, 0.2) is 0 Å². The molecule has 21 heavy (non-hydrogen) atoms. The minimum Gasteiger partial charge on any atom is -0.383 e. The van der Waals surface area contributed by atoms with Gasteiger partial charge in [-0.15, -0.1) is 0 Å². The third-order valence-electron chi connectivity index (χ3n) is 2.94. The summed E-state index contributed by atoms with van der Waals surface area (Å²) in [5.74, 6) is -0.371. The molecular weight excluding hydrogens is 274 g/mol. The first-order valence-electron chi connectivity index (χ1n) is 6.23. The Morgan fingerprint density at radius 2 is 2.24 bits per heavy atom. The Bertz CT molecular complexity index is 680. The number of carbonyl (C=O) groups is 1. The summed E-state index contributed by atoms with van der Waals surface area (Å²) in [6.07, 6.45) is 3.43. The fraction of sp³-hybridized carbons (Fsp3) is 0.231. The maximum atomic E-state index is 12.0. The van der Waals surface area contributed by atoms with Gasteiger partial charge in [-0.05, 0) is 12.1 Å². The van der Waals surface area contributed by atoms with Crippen LogP contribution >= 0.6 is 0 Å². The second kappa shape index (κ2) is 6.04. The highest BCUT2D eigenvalue weighted by molar-refractivity contribution is 5.95. The zero-order valence-corrected chi connectivity index (χ0v) is 11.7. The second-order valence-corrected chi connectivity index (χ2v) is 4.44. The molecule has 2 rings (SSSR count). The zero-order valence-electron chi connectivity index (χ0n) is 11.7. The fourth-order valence-electron chi connectivity index (χ4n) is 1.88. The summed E-state index contributed by atoms with van der Waals surface area (Å²) in [5, 5.41) is 20.4. The summed E-state index contributed by atoms with van der Waals surface area (Å²) in [4.78, 5) is 22.5. The Kier molecular flexibility index (Phi) is 4.17. The molecule has 1 amide bonds. The monoisotopic (exact) mass is 289 g/mol. The molecule has 2 N–H and O–H groups in total. The number of nitrogens with zero attached hydrogens (tertiary/aromatic N) is 3. The lowest BCUT2D eigenvalue weighted by atomic mass is 10.1. The van der Waals surface area contributed by atoms with Crippen molar-refractivity contribution in [1.29, 1.82) is 0 Å². The minimum absolute atomic E-state index is 0.133. The summed E-state index contributed by atoms with van der Waals surface area (Å²) in [6, 6.07) is 4.30. The third kappa shape index (κ3) is 3.35. The Hall–Kier alpha value is -2.90. The smallest absolute Gasteiger partial charge is 0.293 e. The molecule has 0 radical (unpaired) electrons. The number of aromatic nitrogens is 2. The molecule has 1 aromatic heterocycles. The van der Waals surface area contributed by atoms with E-state index in [0.29, 0.717) is 12.2 Å². The molecule has 0 bridgehead atoms. The first-order chi connectivity index (χ1) is 10.0. The van der Waals surface area contributed by atoms with Gasteiger partial charge in [0, 0.05) is 44.0 Å². The number of amides is 1. The molecule has 0 saturated carbocycles. The van der Waals surface area contributed by atoms with Crippen molar-refractivity contribution in [2.24, 2.45) is 7.05 Å². The van der Waals surface area contributed by atoms with Crippen molar-refractivity contribution in [2.45, 2.75) is 6.54 Å². The van der Waals surface area contributed by atoms with Gasteiger partial charge in [0.2, 0.25) is 0 Å². The lowest BCUT2D eigenvalue weighted by molar-refractivity contribution is -0.384. The SMILES string of the molecule is CNc1ccc(C(=O)NCc2cnn(C)c2)cc1[N+](=O)[O-]. The van der Waals surface area contributed by atoms with Gasteiger partial charge in [-0.2, -0.15) is 5.10 Å². The lowest BCUT2D eigenvalue weighted by Crippen LogP contribution is -2.22. The van der Waals surface area contributed by atoms with E-state index in [4.69, 9.17) is 0 Å². The fourth-order valence-corrected chi connectivity index (χ4v) is 1.88. The molecule has 1 heterocycles. The van der Waals surface area contributed by atoms with Crippen LogP contribution in [0.1, 0.15) is 15.9 Å². The van der Waals surface area contributed by atoms with E-state index in [1.807, 2.05) is 0 Å². The number of nitrogens with one attached hydrogen (secondary N) is 2. The molecule has 0 saturated heterocycles. The molecule has 0 aliphatic carbocycles. The number of aryl methyl sites for hydroxylation is 1. The van der Waals surface area contributed by atoms with Crippen LogP contribution in [0.25, 0.3) is 0 Å². The molecule has 0 atom stereocenters. The number of benzene rings is 1. The predicted molar refractivity (Wildman–Crippen MR) is 77.0 cm³/mol. The summed E-state index contributed by atoms with van der Waals surface area (Å²) in [7, 11) is 3.37. The van der Waals surface area contributed by atoms with Gasteiger partial charge < -0.3 is 10.6 Å². The highest BCUT2D eigenvalue weighted by atomic mass is 16.6. The van der Waals surface area contributed by atoms with E-state index in [-0.39, 0.29) is 17.2 Å². The van der Waals surface area contributed by atoms with E-state index in [1.165, 1.54) is 18.2 Å². The molecular formula is C13H15N5O3. The van der Waals surface area contributed by atoms with Crippen LogP contribution in [-0.4, -0.2) is 27.7 Å². The number of carbonyl (C=O) groups excluding carboxylic acids is 1. The van der Waals surface area contributed by atoms with Gasteiger partial charge in [0.1, 0.15) is 5.69 Å². The highest BCUT2D eigenvalue weighted by Crippen LogP contribution is 2.24. The molecule has 0 unspecified atom stereocenters. The zero-order chi connectivity index (χ0) is 15.4. The average Bonchev–Trinajstić information content (AvgIpc) is 2.89. The van der Waals surface area contributed by atoms with Gasteiger partial charge in [-0.25, -0.2) is 0 Å².